The summed E-state index contributed by atoms with van der Waals surface area (Å²) in [6.07, 6.45) is -3.57. The lowest BCUT2D eigenvalue weighted by molar-refractivity contribution is -0.154. The van der Waals surface area contributed by atoms with Gasteiger partial charge in [0.15, 0.2) is 13.2 Å². The Kier molecular flexibility index (Phi) is 8.76. The van der Waals surface area contributed by atoms with Crippen molar-refractivity contribution >= 4 is 27.6 Å². The number of hydrogen-bond donors (Lipinski definition) is 1. The Morgan fingerprint density at radius 1 is 1.12 bits per heavy atom. The maximum Gasteiger partial charge on any atom is 0.422 e. The first kappa shape index (κ1) is 26.1. The van der Waals surface area contributed by atoms with Crippen molar-refractivity contribution in [2.45, 2.75) is 24.9 Å². The summed E-state index contributed by atoms with van der Waals surface area (Å²) in [4.78, 5) is 27.7. The molecule has 0 bridgehead atoms. The Hall–Kier alpha value is -3.19. The molecule has 0 radical (unpaired) electrons. The molecule has 0 atom stereocenters. The number of sulfonamides is 1. The average Bonchev–Trinajstić information content (AvgIpc) is 2.77. The summed E-state index contributed by atoms with van der Waals surface area (Å²) < 4.78 is 72.1. The average molecular weight is 489 g/mol. The van der Waals surface area contributed by atoms with Crippen molar-refractivity contribution < 1.29 is 40.7 Å². The quantitative estimate of drug-likeness (QED) is 0.511. The minimum atomic E-state index is -4.53. The maximum absolute atomic E-state index is 12.6. The normalized spacial score (nSPS) is 11.8. The summed E-state index contributed by atoms with van der Waals surface area (Å²) in [5, 5.41) is 2.43. The van der Waals surface area contributed by atoms with Crippen LogP contribution in [0.25, 0.3) is 0 Å². The third-order valence-electron chi connectivity index (χ3n) is 4.15. The molecular formula is C20H22F3N3O6S. The largest absolute Gasteiger partial charge is 0.468 e. The predicted molar refractivity (Wildman–Crippen MR) is 111 cm³/mol. The molecule has 1 aromatic heterocycles. The standard InChI is InChI=1S/C20H22F3N3O6S/c1-3-26(4-2)33(29,30)16-7-5-6-15(10-16)25-17(27)12-31-19(28)14-8-9-18(24-11-14)32-13-20(21,22)23/h5-11H,3-4,12-13H2,1-2H3,(H,25,27). The predicted octanol–water partition coefficient (Wildman–Crippen LogP) is 2.85. The van der Waals surface area contributed by atoms with Crippen LogP contribution in [0, 0.1) is 0 Å². The zero-order valence-electron chi connectivity index (χ0n) is 17.8. The van der Waals surface area contributed by atoms with Gasteiger partial charge in [-0.3, -0.25) is 4.79 Å². The molecule has 1 N–H and O–H groups in total. The summed E-state index contributed by atoms with van der Waals surface area (Å²) in [7, 11) is -3.72. The first-order valence-electron chi connectivity index (χ1n) is 9.69. The Bertz CT molecular complexity index is 1070. The molecule has 0 aliphatic carbocycles. The Morgan fingerprint density at radius 3 is 2.39 bits per heavy atom. The van der Waals surface area contributed by atoms with Gasteiger partial charge in [-0.2, -0.15) is 17.5 Å². The van der Waals surface area contributed by atoms with Crippen molar-refractivity contribution in [3.63, 3.8) is 0 Å². The Labute approximate surface area is 188 Å². The van der Waals surface area contributed by atoms with Crippen LogP contribution in [-0.2, 0) is 19.6 Å². The topological polar surface area (TPSA) is 115 Å². The van der Waals surface area contributed by atoms with Gasteiger partial charge in [-0.15, -0.1) is 0 Å². The van der Waals surface area contributed by atoms with E-state index in [9.17, 15) is 31.2 Å². The van der Waals surface area contributed by atoms with Crippen LogP contribution in [0.3, 0.4) is 0 Å². The van der Waals surface area contributed by atoms with E-state index in [1.54, 1.807) is 13.8 Å². The van der Waals surface area contributed by atoms with Crippen LogP contribution in [0.1, 0.15) is 24.2 Å². The van der Waals surface area contributed by atoms with Crippen molar-refractivity contribution in [2.75, 3.05) is 31.6 Å². The van der Waals surface area contributed by atoms with Gasteiger partial charge < -0.3 is 14.8 Å². The van der Waals surface area contributed by atoms with E-state index in [1.165, 1.54) is 28.6 Å². The molecule has 0 saturated carbocycles. The second-order valence-electron chi connectivity index (χ2n) is 6.53. The zero-order valence-corrected chi connectivity index (χ0v) is 18.6. The third kappa shape index (κ3) is 7.71. The number of nitrogens with zero attached hydrogens (tertiary/aromatic N) is 2. The van der Waals surface area contributed by atoms with Gasteiger partial charge in [0.1, 0.15) is 0 Å². The van der Waals surface area contributed by atoms with E-state index in [-0.39, 0.29) is 35.1 Å². The van der Waals surface area contributed by atoms with Crippen molar-refractivity contribution in [1.82, 2.24) is 9.29 Å². The lowest BCUT2D eigenvalue weighted by atomic mass is 10.3. The minimum absolute atomic E-state index is 0.0000918. The van der Waals surface area contributed by atoms with Crippen LogP contribution < -0.4 is 10.1 Å². The molecule has 1 amide bonds. The summed E-state index contributed by atoms with van der Waals surface area (Å²) in [6, 6.07) is 7.83. The second-order valence-corrected chi connectivity index (χ2v) is 8.47. The number of aromatic nitrogens is 1. The third-order valence-corrected chi connectivity index (χ3v) is 6.20. The van der Waals surface area contributed by atoms with Crippen LogP contribution in [-0.4, -0.2) is 62.1 Å². The van der Waals surface area contributed by atoms with Gasteiger partial charge in [0.05, 0.1) is 10.5 Å². The van der Waals surface area contributed by atoms with Gasteiger partial charge >= 0.3 is 12.1 Å². The van der Waals surface area contributed by atoms with E-state index in [0.29, 0.717) is 0 Å². The summed E-state index contributed by atoms with van der Waals surface area (Å²) >= 11 is 0. The van der Waals surface area contributed by atoms with E-state index in [2.05, 4.69) is 15.0 Å². The van der Waals surface area contributed by atoms with Crippen molar-refractivity contribution in [3.8, 4) is 5.88 Å². The number of carbonyl (C=O) groups excluding carboxylic acids is 2. The summed E-state index contributed by atoms with van der Waals surface area (Å²) in [5.41, 5.74) is 0.0894. The van der Waals surface area contributed by atoms with Gasteiger partial charge in [0.25, 0.3) is 5.91 Å². The van der Waals surface area contributed by atoms with Gasteiger partial charge in [0, 0.05) is 31.0 Å². The molecule has 13 heteroatoms. The number of carbonyl (C=O) groups is 2. The van der Waals surface area contributed by atoms with Crippen LogP contribution in [0.2, 0.25) is 0 Å². The molecule has 180 valence electrons. The number of ether oxygens (including phenoxy) is 2. The highest BCUT2D eigenvalue weighted by Gasteiger charge is 2.28. The molecule has 0 unspecified atom stereocenters. The number of hydrogen-bond acceptors (Lipinski definition) is 7. The smallest absolute Gasteiger partial charge is 0.422 e. The fraction of sp³-hybridized carbons (Fsp3) is 0.350. The van der Waals surface area contributed by atoms with Gasteiger partial charge in [-0.1, -0.05) is 19.9 Å². The molecule has 0 aliphatic rings. The highest BCUT2D eigenvalue weighted by atomic mass is 32.2. The van der Waals surface area contributed by atoms with Crippen molar-refractivity contribution in [1.29, 1.82) is 0 Å². The van der Waals surface area contributed by atoms with Crippen LogP contribution >= 0.6 is 0 Å². The molecule has 2 rings (SSSR count). The summed E-state index contributed by atoms with van der Waals surface area (Å²) in [5.74, 6) is -1.99. The number of benzene rings is 1. The van der Waals surface area contributed by atoms with Crippen LogP contribution in [0.15, 0.2) is 47.5 Å². The van der Waals surface area contributed by atoms with Gasteiger partial charge in [0.2, 0.25) is 15.9 Å². The number of anilines is 1. The van der Waals surface area contributed by atoms with Crippen molar-refractivity contribution in [2.24, 2.45) is 0 Å². The number of alkyl halides is 3. The molecule has 0 aliphatic heterocycles. The lowest BCUT2D eigenvalue weighted by Gasteiger charge is -2.18. The van der Waals surface area contributed by atoms with E-state index in [4.69, 9.17) is 4.74 Å². The van der Waals surface area contributed by atoms with E-state index in [1.807, 2.05) is 0 Å². The number of halogens is 3. The highest BCUT2D eigenvalue weighted by Crippen LogP contribution is 2.20. The maximum atomic E-state index is 12.6. The fourth-order valence-corrected chi connectivity index (χ4v) is 4.11. The molecule has 1 heterocycles. The monoisotopic (exact) mass is 489 g/mol. The number of pyridine rings is 1. The first-order valence-corrected chi connectivity index (χ1v) is 11.1. The van der Waals surface area contributed by atoms with Crippen molar-refractivity contribution in [3.05, 3.63) is 48.2 Å². The second kappa shape index (κ2) is 11.1. The Morgan fingerprint density at radius 2 is 1.82 bits per heavy atom. The number of esters is 1. The van der Waals surface area contributed by atoms with E-state index in [0.717, 1.165) is 18.3 Å². The molecular weight excluding hydrogens is 467 g/mol. The van der Waals surface area contributed by atoms with Gasteiger partial charge in [-0.25, -0.2) is 18.2 Å². The zero-order chi connectivity index (χ0) is 24.6. The number of rotatable bonds is 10. The SMILES string of the molecule is CCN(CC)S(=O)(=O)c1cccc(NC(=O)COC(=O)c2ccc(OCC(F)(F)F)nc2)c1. The molecule has 0 saturated heterocycles. The molecule has 0 spiro atoms. The molecule has 33 heavy (non-hydrogen) atoms. The molecule has 1 aromatic carbocycles. The minimum Gasteiger partial charge on any atom is -0.468 e. The van der Waals surface area contributed by atoms with Crippen LogP contribution in [0.5, 0.6) is 5.88 Å². The number of amides is 1. The summed E-state index contributed by atoms with van der Waals surface area (Å²) in [6.45, 7) is 1.78. The van der Waals surface area contributed by atoms with E-state index < -0.39 is 41.3 Å². The number of nitrogens with one attached hydrogen (secondary N) is 1. The molecule has 0 fully saturated rings. The fourth-order valence-electron chi connectivity index (χ4n) is 2.60. The van der Waals surface area contributed by atoms with Gasteiger partial charge in [-0.05, 0) is 24.3 Å². The Balaban J connectivity index is 1.93. The first-order chi connectivity index (χ1) is 15.5. The van der Waals surface area contributed by atoms with E-state index >= 15 is 0 Å². The van der Waals surface area contributed by atoms with Crippen LogP contribution in [0.4, 0.5) is 18.9 Å². The molecule has 9 nitrogen and oxygen atoms in total. The molecule has 2 aromatic rings. The lowest BCUT2D eigenvalue weighted by Crippen LogP contribution is -2.30. The highest BCUT2D eigenvalue weighted by molar-refractivity contribution is 7.89.